The lowest BCUT2D eigenvalue weighted by atomic mass is 10.0. The van der Waals surface area contributed by atoms with Crippen LogP contribution in [0.5, 0.6) is 5.75 Å². The molecule has 0 atom stereocenters. The molecule has 2 aromatic carbocycles. The normalized spacial score (nSPS) is 10.7. The average Bonchev–Trinajstić information content (AvgIpc) is 2.44. The second kappa shape index (κ2) is 4.04. The lowest BCUT2D eigenvalue weighted by Gasteiger charge is -2.06. The molecule has 1 aromatic heterocycles. The summed E-state index contributed by atoms with van der Waals surface area (Å²) in [6.45, 7) is 0. The topological polar surface area (TPSA) is 59.1 Å². The summed E-state index contributed by atoms with van der Waals surface area (Å²) in [6.07, 6.45) is 1.77. The Morgan fingerprint density at radius 3 is 2.67 bits per heavy atom. The summed E-state index contributed by atoms with van der Waals surface area (Å²) in [6, 6.07) is 15.2. The van der Waals surface area contributed by atoms with Crippen molar-refractivity contribution in [2.75, 3.05) is 5.73 Å². The molecule has 0 bridgehead atoms. The predicted molar refractivity (Wildman–Crippen MR) is 73.3 cm³/mol. The molecule has 0 aliphatic carbocycles. The van der Waals surface area contributed by atoms with Gasteiger partial charge in [0.25, 0.3) is 0 Å². The molecule has 0 aliphatic rings. The highest BCUT2D eigenvalue weighted by molar-refractivity contribution is 5.97. The van der Waals surface area contributed by atoms with E-state index in [1.807, 2.05) is 42.5 Å². The van der Waals surface area contributed by atoms with E-state index in [4.69, 9.17) is 5.73 Å². The third kappa shape index (κ3) is 1.66. The molecule has 3 N–H and O–H groups in total. The van der Waals surface area contributed by atoms with E-state index in [9.17, 15) is 5.11 Å². The van der Waals surface area contributed by atoms with Gasteiger partial charge < -0.3 is 10.8 Å². The van der Waals surface area contributed by atoms with E-state index in [1.54, 1.807) is 12.3 Å². The lowest BCUT2D eigenvalue weighted by Crippen LogP contribution is -1.89. The summed E-state index contributed by atoms with van der Waals surface area (Å²) >= 11 is 0. The molecule has 0 spiro atoms. The summed E-state index contributed by atoms with van der Waals surface area (Å²) < 4.78 is 0. The Labute approximate surface area is 105 Å². The van der Waals surface area contributed by atoms with Gasteiger partial charge in [0, 0.05) is 17.1 Å². The first kappa shape index (κ1) is 10.6. The Morgan fingerprint density at radius 1 is 1.00 bits per heavy atom. The smallest absolute Gasteiger partial charge is 0.139 e. The summed E-state index contributed by atoms with van der Waals surface area (Å²) in [5, 5.41) is 11.4. The van der Waals surface area contributed by atoms with Crippen LogP contribution in [0.2, 0.25) is 0 Å². The van der Waals surface area contributed by atoms with Crippen molar-refractivity contribution in [3.05, 3.63) is 54.7 Å². The monoisotopic (exact) mass is 236 g/mol. The summed E-state index contributed by atoms with van der Waals surface area (Å²) in [7, 11) is 0. The maximum atomic E-state index is 9.57. The first-order valence-electron chi connectivity index (χ1n) is 5.68. The van der Waals surface area contributed by atoms with Crippen LogP contribution in [0.4, 0.5) is 5.69 Å². The van der Waals surface area contributed by atoms with Crippen LogP contribution in [0.3, 0.4) is 0 Å². The molecule has 3 heteroatoms. The highest BCUT2D eigenvalue weighted by Crippen LogP contribution is 2.31. The number of phenols is 1. The number of nitrogens with two attached hydrogens (primary N) is 1. The Bertz CT molecular complexity index is 708. The zero-order valence-corrected chi connectivity index (χ0v) is 9.67. The van der Waals surface area contributed by atoms with Gasteiger partial charge in [-0.1, -0.05) is 24.3 Å². The number of pyridine rings is 1. The number of aromatic nitrogens is 1. The minimum Gasteiger partial charge on any atom is -0.506 e. The van der Waals surface area contributed by atoms with Crippen molar-refractivity contribution in [2.24, 2.45) is 0 Å². The third-order valence-corrected chi connectivity index (χ3v) is 3.00. The molecule has 0 amide bonds. The molecule has 3 nitrogen and oxygen atoms in total. The van der Waals surface area contributed by atoms with Crippen LogP contribution in [0.15, 0.2) is 54.7 Å². The number of fused-ring (bicyclic) bond motifs is 1. The predicted octanol–water partition coefficient (Wildman–Crippen LogP) is 3.19. The molecule has 18 heavy (non-hydrogen) atoms. The molecule has 3 aromatic rings. The van der Waals surface area contributed by atoms with Crippen LogP contribution in [0.25, 0.3) is 22.0 Å². The minimum absolute atomic E-state index is 0.119. The molecule has 0 saturated heterocycles. The van der Waals surface area contributed by atoms with E-state index in [2.05, 4.69) is 4.98 Å². The molecule has 0 unspecified atom stereocenters. The maximum absolute atomic E-state index is 9.57. The van der Waals surface area contributed by atoms with Crippen molar-refractivity contribution in [3.8, 4) is 17.0 Å². The van der Waals surface area contributed by atoms with Gasteiger partial charge >= 0.3 is 0 Å². The molecule has 0 fully saturated rings. The zero-order valence-electron chi connectivity index (χ0n) is 9.67. The van der Waals surface area contributed by atoms with Gasteiger partial charge in [0.2, 0.25) is 0 Å². The highest BCUT2D eigenvalue weighted by Gasteiger charge is 2.05. The number of rotatable bonds is 1. The molecule has 1 heterocycles. The molecule has 0 radical (unpaired) electrons. The fourth-order valence-corrected chi connectivity index (χ4v) is 2.04. The molecular formula is C15H12N2O. The van der Waals surface area contributed by atoms with Gasteiger partial charge in [-0.3, -0.25) is 4.98 Å². The Hall–Kier alpha value is -2.55. The zero-order chi connectivity index (χ0) is 12.5. The number of phenolic OH excluding ortho intramolecular Hbond substituents is 1. The van der Waals surface area contributed by atoms with Crippen molar-refractivity contribution in [1.29, 1.82) is 0 Å². The van der Waals surface area contributed by atoms with Crippen molar-refractivity contribution >= 4 is 16.5 Å². The van der Waals surface area contributed by atoms with Gasteiger partial charge in [-0.25, -0.2) is 0 Å². The largest absolute Gasteiger partial charge is 0.506 e. The number of benzene rings is 2. The van der Waals surface area contributed by atoms with E-state index in [-0.39, 0.29) is 5.75 Å². The van der Waals surface area contributed by atoms with Gasteiger partial charge in [0.15, 0.2) is 0 Å². The summed E-state index contributed by atoms with van der Waals surface area (Å²) in [4.78, 5) is 4.32. The average molecular weight is 236 g/mol. The Balaban J connectivity index is 2.21. The SMILES string of the molecule is Nc1c(O)ccc2cc(-c3ccccn3)ccc12. The van der Waals surface area contributed by atoms with E-state index in [1.165, 1.54) is 0 Å². The fourth-order valence-electron chi connectivity index (χ4n) is 2.04. The second-order valence-electron chi connectivity index (χ2n) is 4.15. The third-order valence-electron chi connectivity index (χ3n) is 3.00. The van der Waals surface area contributed by atoms with Crippen molar-refractivity contribution < 1.29 is 5.11 Å². The van der Waals surface area contributed by atoms with Gasteiger partial charge in [0.05, 0.1) is 11.4 Å². The van der Waals surface area contributed by atoms with Crippen LogP contribution < -0.4 is 5.73 Å². The standard InChI is InChI=1S/C15H12N2O/c16-15-12-6-4-11(13-3-1-2-8-17-13)9-10(12)5-7-14(15)18/h1-9,18H,16H2. The van der Waals surface area contributed by atoms with Gasteiger partial charge in [-0.2, -0.15) is 0 Å². The van der Waals surface area contributed by atoms with Crippen molar-refractivity contribution in [2.45, 2.75) is 0 Å². The van der Waals surface area contributed by atoms with Crippen molar-refractivity contribution in [3.63, 3.8) is 0 Å². The number of nitrogens with zero attached hydrogens (tertiary/aromatic N) is 1. The molecule has 0 saturated carbocycles. The van der Waals surface area contributed by atoms with Gasteiger partial charge in [0.1, 0.15) is 5.75 Å². The van der Waals surface area contributed by atoms with E-state index in [0.717, 1.165) is 22.0 Å². The van der Waals surface area contributed by atoms with Crippen LogP contribution in [0.1, 0.15) is 0 Å². The summed E-state index contributed by atoms with van der Waals surface area (Å²) in [5.74, 6) is 0.119. The minimum atomic E-state index is 0.119. The highest BCUT2D eigenvalue weighted by atomic mass is 16.3. The van der Waals surface area contributed by atoms with E-state index >= 15 is 0 Å². The molecule has 0 aliphatic heterocycles. The van der Waals surface area contributed by atoms with Crippen LogP contribution in [-0.4, -0.2) is 10.1 Å². The number of aromatic hydroxyl groups is 1. The first-order chi connectivity index (χ1) is 8.75. The van der Waals surface area contributed by atoms with Crippen LogP contribution >= 0.6 is 0 Å². The molecular weight excluding hydrogens is 224 g/mol. The number of anilines is 1. The number of nitrogen functional groups attached to an aromatic ring is 1. The quantitative estimate of drug-likeness (QED) is 0.504. The summed E-state index contributed by atoms with van der Waals surface area (Å²) in [5.41, 5.74) is 8.22. The van der Waals surface area contributed by atoms with Crippen LogP contribution in [-0.2, 0) is 0 Å². The lowest BCUT2D eigenvalue weighted by molar-refractivity contribution is 0.478. The molecule has 3 rings (SSSR count). The van der Waals surface area contributed by atoms with Crippen LogP contribution in [0, 0.1) is 0 Å². The Morgan fingerprint density at radius 2 is 1.89 bits per heavy atom. The fraction of sp³-hybridized carbons (Fsp3) is 0. The van der Waals surface area contributed by atoms with E-state index in [0.29, 0.717) is 5.69 Å². The first-order valence-corrected chi connectivity index (χ1v) is 5.68. The maximum Gasteiger partial charge on any atom is 0.139 e. The van der Waals surface area contributed by atoms with Gasteiger partial charge in [-0.05, 0) is 29.7 Å². The van der Waals surface area contributed by atoms with Gasteiger partial charge in [-0.15, -0.1) is 0 Å². The van der Waals surface area contributed by atoms with Crippen molar-refractivity contribution in [1.82, 2.24) is 4.98 Å². The number of hydrogen-bond donors (Lipinski definition) is 2. The van der Waals surface area contributed by atoms with E-state index < -0.39 is 0 Å². The second-order valence-corrected chi connectivity index (χ2v) is 4.15. The molecule has 88 valence electrons. The number of hydrogen-bond acceptors (Lipinski definition) is 3. The Kier molecular flexibility index (Phi) is 2.38.